The third-order valence-corrected chi connectivity index (χ3v) is 5.11. The van der Waals surface area contributed by atoms with Gasteiger partial charge in [0, 0.05) is 21.9 Å². The number of hydrogen-bond acceptors (Lipinski definition) is 4. The minimum atomic E-state index is -0.872. The van der Waals surface area contributed by atoms with E-state index in [1.807, 2.05) is 11.4 Å². The van der Waals surface area contributed by atoms with E-state index in [9.17, 15) is 9.59 Å². The first kappa shape index (κ1) is 11.7. The molecule has 2 heterocycles. The third kappa shape index (κ3) is 1.81. The summed E-state index contributed by atoms with van der Waals surface area (Å²) in [5.74, 6) is -0.872. The maximum atomic E-state index is 11.9. The van der Waals surface area contributed by atoms with Crippen molar-refractivity contribution in [1.82, 2.24) is 4.57 Å². The SMILES string of the molecule is O=C(O)CCn1c2c(sc1=O)CCc1sccc1-2. The molecule has 1 N–H and O–H groups in total. The molecule has 6 heteroatoms. The number of carboxylic acid groups (broad SMARTS) is 1. The largest absolute Gasteiger partial charge is 0.481 e. The summed E-state index contributed by atoms with van der Waals surface area (Å²) in [6.45, 7) is 0.259. The van der Waals surface area contributed by atoms with E-state index in [0.29, 0.717) is 0 Å². The van der Waals surface area contributed by atoms with Crippen LogP contribution in [0.2, 0.25) is 0 Å². The number of thiophene rings is 1. The van der Waals surface area contributed by atoms with Gasteiger partial charge >= 0.3 is 10.8 Å². The van der Waals surface area contributed by atoms with Crippen LogP contribution in [0, 0.1) is 0 Å². The van der Waals surface area contributed by atoms with Crippen molar-refractivity contribution in [3.8, 4) is 11.3 Å². The molecule has 1 aliphatic rings. The molecule has 0 saturated carbocycles. The number of aliphatic carboxylic acids is 1. The molecule has 2 aromatic rings. The molecule has 4 nitrogen and oxygen atoms in total. The Hall–Kier alpha value is -1.40. The van der Waals surface area contributed by atoms with Gasteiger partial charge in [-0.1, -0.05) is 11.3 Å². The fourth-order valence-electron chi connectivity index (χ4n) is 2.30. The predicted octanol–water partition coefficient (Wildman–Crippen LogP) is 2.21. The van der Waals surface area contributed by atoms with Crippen LogP contribution in [0.25, 0.3) is 11.3 Å². The monoisotopic (exact) mass is 281 g/mol. The molecule has 94 valence electrons. The molecule has 0 radical (unpaired) electrons. The van der Waals surface area contributed by atoms with Crippen LogP contribution in [0.1, 0.15) is 16.2 Å². The lowest BCUT2D eigenvalue weighted by atomic mass is 10.0. The number of aromatic nitrogens is 1. The van der Waals surface area contributed by atoms with Gasteiger partial charge in [-0.3, -0.25) is 14.2 Å². The lowest BCUT2D eigenvalue weighted by Gasteiger charge is -2.14. The van der Waals surface area contributed by atoms with Gasteiger partial charge < -0.3 is 5.11 Å². The average molecular weight is 281 g/mol. The highest BCUT2D eigenvalue weighted by Gasteiger charge is 2.24. The average Bonchev–Trinajstić information content (AvgIpc) is 2.88. The first-order valence-electron chi connectivity index (χ1n) is 5.68. The molecular weight excluding hydrogens is 270 g/mol. The van der Waals surface area contributed by atoms with Crippen molar-refractivity contribution in [1.29, 1.82) is 0 Å². The Morgan fingerprint density at radius 2 is 2.17 bits per heavy atom. The van der Waals surface area contributed by atoms with Gasteiger partial charge in [0.15, 0.2) is 0 Å². The van der Waals surface area contributed by atoms with Crippen molar-refractivity contribution in [3.05, 3.63) is 30.9 Å². The summed E-state index contributed by atoms with van der Waals surface area (Å²) in [5.41, 5.74) is 2.07. The standard InChI is InChI=1S/C12H11NO3S2/c14-10(15)3-5-13-11-7-4-6-17-8(7)1-2-9(11)18-12(13)16/h4,6H,1-3,5H2,(H,14,15). The summed E-state index contributed by atoms with van der Waals surface area (Å²) in [5, 5.41) is 10.8. The quantitative estimate of drug-likeness (QED) is 0.938. The maximum Gasteiger partial charge on any atom is 0.307 e. The second-order valence-electron chi connectivity index (χ2n) is 4.19. The summed E-state index contributed by atoms with van der Waals surface area (Å²) < 4.78 is 1.62. The number of rotatable bonds is 3. The van der Waals surface area contributed by atoms with Crippen LogP contribution in [0.4, 0.5) is 0 Å². The zero-order chi connectivity index (χ0) is 12.7. The number of carbonyl (C=O) groups is 1. The van der Waals surface area contributed by atoms with Crippen molar-refractivity contribution in [2.24, 2.45) is 0 Å². The molecule has 0 aliphatic heterocycles. The van der Waals surface area contributed by atoms with Crippen molar-refractivity contribution in [2.45, 2.75) is 25.8 Å². The highest BCUT2D eigenvalue weighted by molar-refractivity contribution is 7.11. The Bertz CT molecular complexity index is 665. The number of fused-ring (bicyclic) bond motifs is 3. The normalized spacial score (nSPS) is 13.1. The summed E-state index contributed by atoms with van der Waals surface area (Å²) in [6.07, 6.45) is 1.87. The number of hydrogen-bond donors (Lipinski definition) is 1. The lowest BCUT2D eigenvalue weighted by Crippen LogP contribution is -2.17. The minimum Gasteiger partial charge on any atom is -0.481 e. The maximum absolute atomic E-state index is 11.9. The Morgan fingerprint density at radius 1 is 1.39 bits per heavy atom. The van der Waals surface area contributed by atoms with Crippen LogP contribution in [-0.2, 0) is 24.2 Å². The zero-order valence-corrected chi connectivity index (χ0v) is 11.1. The van der Waals surface area contributed by atoms with Crippen LogP contribution in [0.3, 0.4) is 0 Å². The molecule has 18 heavy (non-hydrogen) atoms. The number of aryl methyl sites for hydroxylation is 2. The lowest BCUT2D eigenvalue weighted by molar-refractivity contribution is -0.137. The summed E-state index contributed by atoms with van der Waals surface area (Å²) in [4.78, 5) is 25.0. The molecule has 0 unspecified atom stereocenters. The summed E-state index contributed by atoms with van der Waals surface area (Å²) in [7, 11) is 0. The van der Waals surface area contributed by atoms with Gasteiger partial charge in [0.25, 0.3) is 0 Å². The molecule has 3 rings (SSSR count). The fraction of sp³-hybridized carbons (Fsp3) is 0.333. The molecule has 1 aliphatic carbocycles. The highest BCUT2D eigenvalue weighted by atomic mass is 32.1. The van der Waals surface area contributed by atoms with Gasteiger partial charge in [-0.15, -0.1) is 11.3 Å². The number of nitrogens with zero attached hydrogens (tertiary/aromatic N) is 1. The van der Waals surface area contributed by atoms with Crippen molar-refractivity contribution < 1.29 is 9.90 Å². The predicted molar refractivity (Wildman–Crippen MR) is 71.6 cm³/mol. The highest BCUT2D eigenvalue weighted by Crippen LogP contribution is 2.37. The molecule has 0 fully saturated rings. The smallest absolute Gasteiger partial charge is 0.307 e. The van der Waals surface area contributed by atoms with Crippen molar-refractivity contribution >= 4 is 28.6 Å². The first-order valence-corrected chi connectivity index (χ1v) is 7.37. The molecule has 0 amide bonds. The van der Waals surface area contributed by atoms with Gasteiger partial charge in [-0.2, -0.15) is 0 Å². The molecular formula is C12H11NO3S2. The molecule has 0 saturated heterocycles. The van der Waals surface area contributed by atoms with E-state index in [1.54, 1.807) is 15.9 Å². The molecule has 0 aromatic carbocycles. The minimum absolute atomic E-state index is 0.0114. The van der Waals surface area contributed by atoms with Crippen LogP contribution in [0.5, 0.6) is 0 Å². The number of thiazole rings is 1. The Labute approximate surface area is 111 Å². The van der Waals surface area contributed by atoms with E-state index in [0.717, 1.165) is 29.0 Å². The second-order valence-corrected chi connectivity index (χ2v) is 6.24. The van der Waals surface area contributed by atoms with E-state index in [4.69, 9.17) is 5.11 Å². The fourth-order valence-corrected chi connectivity index (χ4v) is 4.20. The van der Waals surface area contributed by atoms with E-state index in [2.05, 4.69) is 0 Å². The number of carboxylic acids is 1. The van der Waals surface area contributed by atoms with Gasteiger partial charge in [0.2, 0.25) is 0 Å². The summed E-state index contributed by atoms with van der Waals surface area (Å²) >= 11 is 2.96. The van der Waals surface area contributed by atoms with E-state index in [1.165, 1.54) is 16.2 Å². The molecule has 0 bridgehead atoms. The van der Waals surface area contributed by atoms with Crippen LogP contribution in [-0.4, -0.2) is 15.6 Å². The molecule has 0 spiro atoms. The second kappa shape index (κ2) is 4.37. The van der Waals surface area contributed by atoms with E-state index >= 15 is 0 Å². The van der Waals surface area contributed by atoms with Crippen LogP contribution >= 0.6 is 22.7 Å². The summed E-state index contributed by atoms with van der Waals surface area (Å²) in [6, 6.07) is 2.03. The van der Waals surface area contributed by atoms with E-state index in [-0.39, 0.29) is 17.8 Å². The van der Waals surface area contributed by atoms with Crippen molar-refractivity contribution in [2.75, 3.05) is 0 Å². The van der Waals surface area contributed by atoms with Gasteiger partial charge in [0.1, 0.15) is 0 Å². The van der Waals surface area contributed by atoms with Crippen molar-refractivity contribution in [3.63, 3.8) is 0 Å². The van der Waals surface area contributed by atoms with Crippen LogP contribution < -0.4 is 4.87 Å². The molecule has 0 atom stereocenters. The third-order valence-electron chi connectivity index (χ3n) is 3.09. The van der Waals surface area contributed by atoms with Gasteiger partial charge in [0.05, 0.1) is 12.1 Å². The Morgan fingerprint density at radius 3 is 2.94 bits per heavy atom. The van der Waals surface area contributed by atoms with Gasteiger partial charge in [-0.25, -0.2) is 0 Å². The Balaban J connectivity index is 2.09. The first-order chi connectivity index (χ1) is 8.66. The molecule has 2 aromatic heterocycles. The van der Waals surface area contributed by atoms with Crippen LogP contribution in [0.15, 0.2) is 16.2 Å². The van der Waals surface area contributed by atoms with E-state index < -0.39 is 5.97 Å². The topological polar surface area (TPSA) is 59.3 Å². The Kier molecular flexibility index (Phi) is 2.83. The zero-order valence-electron chi connectivity index (χ0n) is 9.51. The van der Waals surface area contributed by atoms with Gasteiger partial charge in [-0.05, 0) is 24.3 Å².